The summed E-state index contributed by atoms with van der Waals surface area (Å²) in [6.07, 6.45) is 3.45. The minimum atomic E-state index is -0.0469. The Morgan fingerprint density at radius 3 is 2.83 bits per heavy atom. The van der Waals surface area contributed by atoms with Crippen molar-refractivity contribution in [1.82, 2.24) is 14.9 Å². The molecule has 3 rings (SSSR count). The van der Waals surface area contributed by atoms with Crippen LogP contribution in [0.3, 0.4) is 0 Å². The number of ether oxygens (including phenoxy) is 1. The lowest BCUT2D eigenvalue weighted by Crippen LogP contribution is -2.44. The largest absolute Gasteiger partial charge is 0.472 e. The maximum atomic E-state index is 12.6. The van der Waals surface area contributed by atoms with Crippen LogP contribution in [0.4, 0.5) is 0 Å². The number of amides is 1. The van der Waals surface area contributed by atoms with Gasteiger partial charge in [-0.05, 0) is 44.0 Å². The highest BCUT2D eigenvalue weighted by Crippen LogP contribution is 2.19. The van der Waals surface area contributed by atoms with Gasteiger partial charge in [-0.15, -0.1) is 0 Å². The zero-order chi connectivity index (χ0) is 16.2. The monoisotopic (exact) mass is 331 g/mol. The minimum absolute atomic E-state index is 0.00818. The van der Waals surface area contributed by atoms with Crippen LogP contribution in [0.25, 0.3) is 0 Å². The van der Waals surface area contributed by atoms with Gasteiger partial charge in [-0.3, -0.25) is 4.79 Å². The van der Waals surface area contributed by atoms with Crippen LogP contribution in [0.5, 0.6) is 5.88 Å². The van der Waals surface area contributed by atoms with Gasteiger partial charge in [-0.1, -0.05) is 11.6 Å². The van der Waals surface area contributed by atoms with Crippen molar-refractivity contribution >= 4 is 17.5 Å². The summed E-state index contributed by atoms with van der Waals surface area (Å²) >= 11 is 5.87. The molecule has 1 fully saturated rings. The van der Waals surface area contributed by atoms with Crippen molar-refractivity contribution in [2.24, 2.45) is 0 Å². The molecule has 2 aromatic rings. The molecule has 1 saturated heterocycles. The van der Waals surface area contributed by atoms with E-state index in [-0.39, 0.29) is 12.0 Å². The van der Waals surface area contributed by atoms with Crippen molar-refractivity contribution in [2.75, 3.05) is 13.1 Å². The summed E-state index contributed by atoms with van der Waals surface area (Å²) in [4.78, 5) is 22.7. The SMILES string of the molecule is Cc1nccc(OC2CCCN(C(=O)c3ccc(Cl)cc3)C2)n1. The predicted molar refractivity (Wildman–Crippen MR) is 87.8 cm³/mol. The van der Waals surface area contributed by atoms with Crippen LogP contribution < -0.4 is 4.74 Å². The van der Waals surface area contributed by atoms with E-state index < -0.39 is 0 Å². The van der Waals surface area contributed by atoms with Gasteiger partial charge in [-0.2, -0.15) is 4.98 Å². The smallest absolute Gasteiger partial charge is 0.253 e. The first-order chi connectivity index (χ1) is 11.1. The number of carbonyl (C=O) groups is 1. The number of halogens is 1. The van der Waals surface area contributed by atoms with E-state index in [2.05, 4.69) is 9.97 Å². The standard InChI is InChI=1S/C17H18ClN3O2/c1-12-19-9-8-16(20-12)23-15-3-2-10-21(11-15)17(22)13-4-6-14(18)7-5-13/h4-9,15H,2-3,10-11H2,1H3. The summed E-state index contributed by atoms with van der Waals surface area (Å²) in [5, 5.41) is 0.625. The predicted octanol–water partition coefficient (Wildman–Crippen LogP) is 3.12. The number of hydrogen-bond acceptors (Lipinski definition) is 4. The molecule has 120 valence electrons. The van der Waals surface area contributed by atoms with Crippen molar-refractivity contribution < 1.29 is 9.53 Å². The molecule has 2 heterocycles. The zero-order valence-electron chi connectivity index (χ0n) is 12.9. The van der Waals surface area contributed by atoms with Gasteiger partial charge < -0.3 is 9.64 Å². The number of rotatable bonds is 3. The van der Waals surface area contributed by atoms with E-state index in [0.717, 1.165) is 19.4 Å². The number of aryl methyl sites for hydroxylation is 1. The minimum Gasteiger partial charge on any atom is -0.472 e. The normalized spacial score (nSPS) is 17.8. The summed E-state index contributed by atoms with van der Waals surface area (Å²) in [7, 11) is 0. The van der Waals surface area contributed by atoms with Gasteiger partial charge in [0.15, 0.2) is 0 Å². The molecular formula is C17H18ClN3O2. The van der Waals surface area contributed by atoms with Crippen LogP contribution in [0.15, 0.2) is 36.5 Å². The summed E-state index contributed by atoms with van der Waals surface area (Å²) in [5.74, 6) is 1.24. The van der Waals surface area contributed by atoms with Crippen molar-refractivity contribution in [3.63, 3.8) is 0 Å². The molecule has 1 unspecified atom stereocenters. The fourth-order valence-corrected chi connectivity index (χ4v) is 2.79. The number of likely N-dealkylation sites (tertiary alicyclic amines) is 1. The third kappa shape index (κ3) is 3.99. The number of benzene rings is 1. The van der Waals surface area contributed by atoms with Crippen LogP contribution in [-0.4, -0.2) is 40.0 Å². The third-order valence-electron chi connectivity index (χ3n) is 3.79. The Bertz CT molecular complexity index is 690. The summed E-state index contributed by atoms with van der Waals surface area (Å²) < 4.78 is 5.91. The lowest BCUT2D eigenvalue weighted by atomic mass is 10.1. The van der Waals surface area contributed by atoms with Crippen LogP contribution in [-0.2, 0) is 0 Å². The Morgan fingerprint density at radius 2 is 2.09 bits per heavy atom. The Morgan fingerprint density at radius 1 is 1.30 bits per heavy atom. The van der Waals surface area contributed by atoms with Crippen molar-refractivity contribution in [1.29, 1.82) is 0 Å². The first-order valence-corrected chi connectivity index (χ1v) is 8.01. The molecule has 0 N–H and O–H groups in total. The average molecular weight is 332 g/mol. The van der Waals surface area contributed by atoms with E-state index in [0.29, 0.717) is 28.8 Å². The number of carbonyl (C=O) groups excluding carboxylic acids is 1. The number of hydrogen-bond donors (Lipinski definition) is 0. The highest BCUT2D eigenvalue weighted by molar-refractivity contribution is 6.30. The van der Waals surface area contributed by atoms with E-state index in [1.165, 1.54) is 0 Å². The van der Waals surface area contributed by atoms with Gasteiger partial charge in [0, 0.05) is 29.4 Å². The third-order valence-corrected chi connectivity index (χ3v) is 4.05. The first kappa shape index (κ1) is 15.7. The van der Waals surface area contributed by atoms with E-state index >= 15 is 0 Å². The van der Waals surface area contributed by atoms with Gasteiger partial charge in [0.2, 0.25) is 5.88 Å². The fraction of sp³-hybridized carbons (Fsp3) is 0.353. The molecule has 1 aromatic heterocycles. The molecule has 0 aliphatic carbocycles. The van der Waals surface area contributed by atoms with E-state index in [4.69, 9.17) is 16.3 Å². The van der Waals surface area contributed by atoms with Gasteiger partial charge in [0.05, 0.1) is 6.54 Å². The molecule has 23 heavy (non-hydrogen) atoms. The van der Waals surface area contributed by atoms with Crippen molar-refractivity contribution in [3.05, 3.63) is 52.9 Å². The molecule has 0 saturated carbocycles. The first-order valence-electron chi connectivity index (χ1n) is 7.63. The fourth-order valence-electron chi connectivity index (χ4n) is 2.66. The molecule has 1 aliphatic heterocycles. The number of aromatic nitrogens is 2. The maximum absolute atomic E-state index is 12.6. The molecule has 1 aliphatic rings. The second kappa shape index (κ2) is 6.96. The van der Waals surface area contributed by atoms with Crippen LogP contribution in [0.1, 0.15) is 29.0 Å². The molecule has 1 atom stereocenters. The molecule has 0 radical (unpaired) electrons. The molecule has 6 heteroatoms. The van der Waals surface area contributed by atoms with Crippen LogP contribution >= 0.6 is 11.6 Å². The summed E-state index contributed by atoms with van der Waals surface area (Å²) in [6.45, 7) is 3.12. The number of nitrogens with zero attached hydrogens (tertiary/aromatic N) is 3. The lowest BCUT2D eigenvalue weighted by molar-refractivity contribution is 0.0527. The van der Waals surface area contributed by atoms with Crippen LogP contribution in [0, 0.1) is 6.92 Å². The number of piperidine rings is 1. The van der Waals surface area contributed by atoms with Gasteiger partial charge in [-0.25, -0.2) is 4.98 Å². The van der Waals surface area contributed by atoms with E-state index in [1.807, 2.05) is 11.8 Å². The Hall–Kier alpha value is -2.14. The molecule has 0 spiro atoms. The molecule has 1 amide bonds. The van der Waals surface area contributed by atoms with Crippen molar-refractivity contribution in [3.8, 4) is 5.88 Å². The second-order valence-electron chi connectivity index (χ2n) is 5.58. The molecular weight excluding hydrogens is 314 g/mol. The van der Waals surface area contributed by atoms with Crippen LogP contribution in [0.2, 0.25) is 5.02 Å². The average Bonchev–Trinajstić information content (AvgIpc) is 2.55. The summed E-state index contributed by atoms with van der Waals surface area (Å²) in [5.41, 5.74) is 0.646. The quantitative estimate of drug-likeness (QED) is 0.867. The molecule has 0 bridgehead atoms. The topological polar surface area (TPSA) is 55.3 Å². The lowest BCUT2D eigenvalue weighted by Gasteiger charge is -2.32. The Labute approximate surface area is 140 Å². The second-order valence-corrected chi connectivity index (χ2v) is 6.02. The van der Waals surface area contributed by atoms with Gasteiger partial charge >= 0.3 is 0 Å². The van der Waals surface area contributed by atoms with Gasteiger partial charge in [0.25, 0.3) is 5.91 Å². The zero-order valence-corrected chi connectivity index (χ0v) is 13.7. The highest BCUT2D eigenvalue weighted by atomic mass is 35.5. The Balaban J connectivity index is 1.66. The molecule has 5 nitrogen and oxygen atoms in total. The van der Waals surface area contributed by atoms with E-state index in [1.54, 1.807) is 36.5 Å². The Kier molecular flexibility index (Phi) is 4.76. The van der Waals surface area contributed by atoms with E-state index in [9.17, 15) is 4.79 Å². The summed E-state index contributed by atoms with van der Waals surface area (Å²) in [6, 6.07) is 8.71. The highest BCUT2D eigenvalue weighted by Gasteiger charge is 2.26. The van der Waals surface area contributed by atoms with Gasteiger partial charge in [0.1, 0.15) is 11.9 Å². The van der Waals surface area contributed by atoms with Crippen molar-refractivity contribution in [2.45, 2.75) is 25.9 Å². The molecule has 1 aromatic carbocycles. The maximum Gasteiger partial charge on any atom is 0.253 e.